The normalized spacial score (nSPS) is 10.4. The Morgan fingerprint density at radius 3 is 2.15 bits per heavy atom. The van der Waals surface area contributed by atoms with Crippen LogP contribution in [0.4, 0.5) is 11.4 Å². The summed E-state index contributed by atoms with van der Waals surface area (Å²) in [5.74, 6) is -1.59. The summed E-state index contributed by atoms with van der Waals surface area (Å²) in [6.07, 6.45) is 2.47. The van der Waals surface area contributed by atoms with E-state index < -0.39 is 33.2 Å². The van der Waals surface area contributed by atoms with Gasteiger partial charge in [-0.3, -0.25) is 20.2 Å². The van der Waals surface area contributed by atoms with Crippen molar-refractivity contribution in [2.45, 2.75) is 0 Å². The maximum absolute atomic E-state index is 12.3. The molecule has 138 valence electrons. The first-order valence-electron chi connectivity index (χ1n) is 7.33. The molecule has 0 saturated heterocycles. The molecule has 0 spiro atoms. The quantitative estimate of drug-likeness (QED) is 0.248. The third-order valence-corrected chi connectivity index (χ3v) is 3.28. The van der Waals surface area contributed by atoms with Crippen molar-refractivity contribution in [3.63, 3.8) is 0 Å². The van der Waals surface area contributed by atoms with Crippen molar-refractivity contribution >= 4 is 29.4 Å². The molecule has 0 aromatic heterocycles. The molecule has 0 aliphatic heterocycles. The van der Waals surface area contributed by atoms with E-state index in [4.69, 9.17) is 4.74 Å². The lowest BCUT2D eigenvalue weighted by Crippen LogP contribution is -2.10. The van der Waals surface area contributed by atoms with Crippen LogP contribution in [-0.4, -0.2) is 28.9 Å². The maximum atomic E-state index is 12.3. The average Bonchev–Trinajstić information content (AvgIpc) is 2.66. The Morgan fingerprint density at radius 2 is 1.59 bits per heavy atom. The van der Waals surface area contributed by atoms with Crippen LogP contribution in [0.1, 0.15) is 15.9 Å². The van der Waals surface area contributed by atoms with Gasteiger partial charge >= 0.3 is 11.9 Å². The minimum atomic E-state index is -1.03. The van der Waals surface area contributed by atoms with Gasteiger partial charge in [0.05, 0.1) is 28.6 Å². The summed E-state index contributed by atoms with van der Waals surface area (Å²) in [4.78, 5) is 43.7. The largest absolute Gasteiger partial charge is 0.466 e. The molecule has 10 nitrogen and oxygen atoms in total. The second-order valence-electron chi connectivity index (χ2n) is 5.04. The second-order valence-corrected chi connectivity index (χ2v) is 5.04. The van der Waals surface area contributed by atoms with Crippen molar-refractivity contribution in [3.05, 3.63) is 79.9 Å². The molecular formula is C17H12N2O8. The summed E-state index contributed by atoms with van der Waals surface area (Å²) in [6, 6.07) is 8.67. The number of para-hydroxylation sites is 1. The van der Waals surface area contributed by atoms with E-state index in [1.807, 2.05) is 0 Å². The number of ether oxygens (including phenoxy) is 2. The molecule has 10 heteroatoms. The molecule has 0 heterocycles. The lowest BCUT2D eigenvalue weighted by molar-refractivity contribution is -0.394. The van der Waals surface area contributed by atoms with Crippen molar-refractivity contribution in [2.24, 2.45) is 0 Å². The molecule has 27 heavy (non-hydrogen) atoms. The van der Waals surface area contributed by atoms with Gasteiger partial charge in [-0.15, -0.1) is 0 Å². The number of nitro groups is 2. The first kappa shape index (κ1) is 19.2. The number of methoxy groups -OCH3 is 1. The maximum Gasteiger partial charge on any atom is 0.344 e. The third kappa shape index (κ3) is 4.95. The average molecular weight is 372 g/mol. The van der Waals surface area contributed by atoms with E-state index in [0.717, 1.165) is 24.3 Å². The standard InChI is InChI=1S/C17H12N2O8/c1-26-16(20)7-6-11-4-2-3-5-15(11)27-17(21)12-8-13(18(22)23)10-14(9-12)19(24)25/h2-10H,1H3. The zero-order valence-corrected chi connectivity index (χ0v) is 13.9. The van der Waals surface area contributed by atoms with Crippen LogP contribution in [0, 0.1) is 20.2 Å². The molecule has 0 N–H and O–H groups in total. The molecule has 0 amide bonds. The molecule has 0 atom stereocenters. The number of esters is 2. The first-order valence-corrected chi connectivity index (χ1v) is 7.33. The molecule has 0 unspecified atom stereocenters. The third-order valence-electron chi connectivity index (χ3n) is 3.28. The van der Waals surface area contributed by atoms with E-state index in [2.05, 4.69) is 4.74 Å². The molecule has 0 radical (unpaired) electrons. The van der Waals surface area contributed by atoms with Crippen molar-refractivity contribution in [3.8, 4) is 5.75 Å². The molecule has 0 aliphatic carbocycles. The molecule has 0 saturated carbocycles. The van der Waals surface area contributed by atoms with Gasteiger partial charge in [0.25, 0.3) is 11.4 Å². The van der Waals surface area contributed by atoms with Crippen molar-refractivity contribution in [1.82, 2.24) is 0 Å². The highest BCUT2D eigenvalue weighted by Crippen LogP contribution is 2.25. The number of rotatable bonds is 6. The number of non-ortho nitro benzene ring substituents is 2. The Kier molecular flexibility index (Phi) is 5.94. The number of nitro benzene ring substituents is 2. The Hall–Kier alpha value is -4.08. The molecule has 2 aromatic carbocycles. The lowest BCUT2D eigenvalue weighted by Gasteiger charge is -2.07. The predicted octanol–water partition coefficient (Wildman–Crippen LogP) is 2.91. The van der Waals surface area contributed by atoms with Gasteiger partial charge in [-0.25, -0.2) is 9.59 Å². The number of carbonyl (C=O) groups excluding carboxylic acids is 2. The number of benzene rings is 2. The van der Waals surface area contributed by atoms with Crippen molar-refractivity contribution in [2.75, 3.05) is 7.11 Å². The minimum absolute atomic E-state index is 0.0526. The van der Waals surface area contributed by atoms with Gasteiger partial charge < -0.3 is 9.47 Å². The van der Waals surface area contributed by atoms with E-state index in [1.54, 1.807) is 18.2 Å². The molecular weight excluding hydrogens is 360 g/mol. The minimum Gasteiger partial charge on any atom is -0.466 e. The van der Waals surface area contributed by atoms with Gasteiger partial charge in [0.1, 0.15) is 5.75 Å². The van der Waals surface area contributed by atoms with Gasteiger partial charge in [-0.05, 0) is 12.1 Å². The highest BCUT2D eigenvalue weighted by Gasteiger charge is 2.21. The summed E-state index contributed by atoms with van der Waals surface area (Å²) >= 11 is 0. The van der Waals surface area contributed by atoms with E-state index in [9.17, 15) is 29.8 Å². The van der Waals surface area contributed by atoms with E-state index >= 15 is 0 Å². The zero-order valence-electron chi connectivity index (χ0n) is 13.9. The fourth-order valence-electron chi connectivity index (χ4n) is 2.02. The summed E-state index contributed by atoms with van der Waals surface area (Å²) in [5.41, 5.74) is -1.23. The van der Waals surface area contributed by atoms with Crippen molar-refractivity contribution in [1.29, 1.82) is 0 Å². The Bertz CT molecular complexity index is 919. The molecule has 2 aromatic rings. The zero-order chi connectivity index (χ0) is 20.0. The summed E-state index contributed by atoms with van der Waals surface area (Å²) < 4.78 is 9.65. The Labute approximate surface area is 151 Å². The van der Waals surface area contributed by atoms with E-state index in [0.29, 0.717) is 5.56 Å². The fourth-order valence-corrected chi connectivity index (χ4v) is 2.02. The fraction of sp³-hybridized carbons (Fsp3) is 0.0588. The Balaban J connectivity index is 2.35. The van der Waals surface area contributed by atoms with Gasteiger partial charge in [0, 0.05) is 23.8 Å². The van der Waals surface area contributed by atoms with E-state index in [1.165, 1.54) is 19.3 Å². The van der Waals surface area contributed by atoms with Crippen LogP contribution in [0.3, 0.4) is 0 Å². The Morgan fingerprint density at radius 1 is 1.00 bits per heavy atom. The van der Waals surface area contributed by atoms with Crippen LogP contribution < -0.4 is 4.74 Å². The van der Waals surface area contributed by atoms with Crippen LogP contribution in [0.15, 0.2) is 48.5 Å². The summed E-state index contributed by atoms with van der Waals surface area (Å²) in [5, 5.41) is 21.8. The van der Waals surface area contributed by atoms with Gasteiger partial charge in [0.2, 0.25) is 0 Å². The number of nitrogens with zero attached hydrogens (tertiary/aromatic N) is 2. The van der Waals surface area contributed by atoms with E-state index in [-0.39, 0.29) is 11.3 Å². The monoisotopic (exact) mass is 372 g/mol. The van der Waals surface area contributed by atoms with Gasteiger partial charge in [0.15, 0.2) is 0 Å². The predicted molar refractivity (Wildman–Crippen MR) is 92.2 cm³/mol. The molecule has 0 aliphatic rings. The lowest BCUT2D eigenvalue weighted by atomic mass is 10.1. The SMILES string of the molecule is COC(=O)C=Cc1ccccc1OC(=O)c1cc([N+](=O)[O-])cc([N+](=O)[O-])c1. The van der Waals surface area contributed by atoms with Crippen LogP contribution in [0.2, 0.25) is 0 Å². The number of carbonyl (C=O) groups is 2. The smallest absolute Gasteiger partial charge is 0.344 e. The first-order chi connectivity index (χ1) is 12.8. The van der Waals surface area contributed by atoms with Crippen LogP contribution in [-0.2, 0) is 9.53 Å². The van der Waals surface area contributed by atoms with Gasteiger partial charge in [-0.1, -0.05) is 18.2 Å². The molecule has 2 rings (SSSR count). The van der Waals surface area contributed by atoms with Crippen LogP contribution in [0.25, 0.3) is 6.08 Å². The number of hydrogen-bond acceptors (Lipinski definition) is 8. The second kappa shape index (κ2) is 8.34. The van der Waals surface area contributed by atoms with Gasteiger partial charge in [-0.2, -0.15) is 0 Å². The highest BCUT2D eigenvalue weighted by atomic mass is 16.6. The summed E-state index contributed by atoms with van der Waals surface area (Å²) in [7, 11) is 1.20. The number of hydrogen-bond donors (Lipinski definition) is 0. The van der Waals surface area contributed by atoms with Crippen LogP contribution >= 0.6 is 0 Å². The summed E-state index contributed by atoms with van der Waals surface area (Å²) in [6.45, 7) is 0. The van der Waals surface area contributed by atoms with Crippen LogP contribution in [0.5, 0.6) is 5.75 Å². The van der Waals surface area contributed by atoms with Crippen molar-refractivity contribution < 1.29 is 28.9 Å². The molecule has 0 fully saturated rings. The highest BCUT2D eigenvalue weighted by molar-refractivity contribution is 5.93. The molecule has 0 bridgehead atoms. The topological polar surface area (TPSA) is 139 Å².